The Morgan fingerprint density at radius 1 is 0.214 bits per heavy atom. The van der Waals surface area contributed by atoms with E-state index in [1.54, 1.807) is 0 Å². The van der Waals surface area contributed by atoms with Crippen molar-refractivity contribution in [3.05, 3.63) is 263 Å². The van der Waals surface area contributed by atoms with Gasteiger partial charge in [0.15, 0.2) is 33.3 Å². The number of hydrogen-bond acceptors (Lipinski definition) is 8. The molecule has 1 aliphatic heterocycles. The molecule has 1 fully saturated rings. The van der Waals surface area contributed by atoms with Crippen LogP contribution >= 0.6 is 0 Å². The fourth-order valence-corrected chi connectivity index (χ4v) is 42.0. The fraction of sp³-hybridized carbons (Fsp3) is 0.176. The Labute approximate surface area is 507 Å². The van der Waals surface area contributed by atoms with E-state index in [0.29, 0.717) is 20.7 Å². The second-order valence-corrected chi connectivity index (χ2v) is 54.5. The molecule has 0 N–H and O–H groups in total. The summed E-state index contributed by atoms with van der Waals surface area (Å²) in [5, 5.41) is 2.69. The zero-order valence-corrected chi connectivity index (χ0v) is 58.1. The molecule has 1 saturated heterocycles. The molecule has 0 bridgehead atoms. The summed E-state index contributed by atoms with van der Waals surface area (Å²) in [7, 11) is -29.3. The average Bonchev–Trinajstić information content (AvgIpc) is 0.763. The summed E-state index contributed by atoms with van der Waals surface area (Å²) >= 11 is 0. The van der Waals surface area contributed by atoms with Gasteiger partial charge in [-0.3, -0.25) is 0 Å². The van der Waals surface area contributed by atoms with Gasteiger partial charge < -0.3 is 32.9 Å². The lowest BCUT2D eigenvalue weighted by molar-refractivity contribution is 0.104. The van der Waals surface area contributed by atoms with Gasteiger partial charge in [-0.1, -0.05) is 169 Å². The summed E-state index contributed by atoms with van der Waals surface area (Å²) in [6.45, 7) is 25.8. The van der Waals surface area contributed by atoms with Gasteiger partial charge in [0, 0.05) is 65.3 Å². The lowest BCUT2D eigenvalue weighted by atomic mass is 10.2. The maximum Gasteiger partial charge on any atom is 0.512 e. The van der Waals surface area contributed by atoms with Crippen molar-refractivity contribution in [1.29, 1.82) is 0 Å². The standard InChI is InChI=1S/C68H72O8Si8/c1-77(2,3)69-81(65-49-41-61(42-50-65)37-33-57-25-17-13-18-26-57)73-82(70-78(4,5)6,66-51-43-62(44-52-66)38-34-58-27-19-14-20-28-58)75-84(72-80(10,11)12,68-55-47-64(48-56-68)40-36-60-31-23-16-24-32-60)76-83(74-81,71-79(7,8)9)67-53-45-63(46-54-67)39-35-59-29-21-15-22-30-59/h13-32,41-56H,1-12H3. The maximum absolute atomic E-state index is 8.34. The molecular formula is C68H72O8Si8. The van der Waals surface area contributed by atoms with E-state index < -0.39 is 68.5 Å². The molecule has 0 atom stereocenters. The van der Waals surface area contributed by atoms with E-state index in [0.717, 1.165) is 44.5 Å². The van der Waals surface area contributed by atoms with Crippen LogP contribution in [-0.4, -0.2) is 68.5 Å². The van der Waals surface area contributed by atoms with E-state index >= 15 is 0 Å². The smallest absolute Gasteiger partial charge is 0.413 e. The Hall–Kier alpha value is -6.58. The quantitative estimate of drug-likeness (QED) is 0.0885. The van der Waals surface area contributed by atoms with E-state index in [1.165, 1.54) is 0 Å². The third-order valence-corrected chi connectivity index (χ3v) is 39.1. The molecule has 0 spiro atoms. The molecule has 84 heavy (non-hydrogen) atoms. The van der Waals surface area contributed by atoms with Gasteiger partial charge in [-0.25, -0.2) is 0 Å². The molecule has 8 aromatic carbocycles. The largest absolute Gasteiger partial charge is 0.512 e. The third kappa shape index (κ3) is 16.9. The van der Waals surface area contributed by atoms with Crippen LogP contribution in [0.3, 0.4) is 0 Å². The van der Waals surface area contributed by atoms with Crippen molar-refractivity contribution < 1.29 is 32.9 Å². The first-order valence-electron chi connectivity index (χ1n) is 28.2. The number of benzene rings is 8. The van der Waals surface area contributed by atoms with Crippen molar-refractivity contribution in [1.82, 2.24) is 0 Å². The average molecular weight is 1240 g/mol. The van der Waals surface area contributed by atoms with E-state index in [2.05, 4.69) is 126 Å². The van der Waals surface area contributed by atoms with Crippen LogP contribution < -0.4 is 20.7 Å². The molecule has 1 heterocycles. The molecule has 0 amide bonds. The van der Waals surface area contributed by atoms with Crippen LogP contribution in [0.15, 0.2) is 218 Å². The molecule has 0 aromatic heterocycles. The molecule has 9 rings (SSSR count). The molecular weight excluding hydrogens is 1170 g/mol. The second kappa shape index (κ2) is 25.9. The molecule has 0 saturated carbocycles. The Morgan fingerprint density at radius 2 is 0.357 bits per heavy atom. The van der Waals surface area contributed by atoms with Crippen LogP contribution in [0.5, 0.6) is 0 Å². The van der Waals surface area contributed by atoms with Crippen LogP contribution in [0.2, 0.25) is 78.6 Å². The Kier molecular flexibility index (Phi) is 19.1. The van der Waals surface area contributed by atoms with Crippen molar-refractivity contribution >= 4 is 89.2 Å². The first-order chi connectivity index (χ1) is 39.9. The zero-order valence-electron chi connectivity index (χ0n) is 50.1. The highest BCUT2D eigenvalue weighted by Crippen LogP contribution is 2.38. The predicted octanol–water partition coefficient (Wildman–Crippen LogP) is 12.5. The molecule has 424 valence electrons. The summed E-state index contributed by atoms with van der Waals surface area (Å²) in [5.41, 5.74) is 6.83. The van der Waals surface area contributed by atoms with Crippen LogP contribution in [-0.2, 0) is 32.9 Å². The molecule has 0 radical (unpaired) electrons. The van der Waals surface area contributed by atoms with Crippen molar-refractivity contribution in [3.63, 3.8) is 0 Å². The van der Waals surface area contributed by atoms with Crippen LogP contribution in [0.25, 0.3) is 0 Å². The second-order valence-electron chi connectivity index (χ2n) is 24.3. The van der Waals surface area contributed by atoms with Gasteiger partial charge in [0.1, 0.15) is 0 Å². The van der Waals surface area contributed by atoms with E-state index in [9.17, 15) is 0 Å². The van der Waals surface area contributed by atoms with Crippen molar-refractivity contribution in [3.8, 4) is 47.4 Å². The van der Waals surface area contributed by atoms with Gasteiger partial charge >= 0.3 is 35.2 Å². The van der Waals surface area contributed by atoms with Crippen molar-refractivity contribution in [2.45, 2.75) is 78.6 Å². The van der Waals surface area contributed by atoms with Gasteiger partial charge in [-0.2, -0.15) is 0 Å². The van der Waals surface area contributed by atoms with Gasteiger partial charge in [-0.05, 0) is 176 Å². The lowest BCUT2D eigenvalue weighted by Gasteiger charge is -2.53. The van der Waals surface area contributed by atoms with E-state index in [-0.39, 0.29) is 0 Å². The molecule has 16 heteroatoms. The summed E-state index contributed by atoms with van der Waals surface area (Å²) in [6.07, 6.45) is 0. The molecule has 0 aliphatic carbocycles. The highest BCUT2D eigenvalue weighted by atomic mass is 28.6. The van der Waals surface area contributed by atoms with Gasteiger partial charge in [0.25, 0.3) is 0 Å². The topological polar surface area (TPSA) is 73.8 Å². The van der Waals surface area contributed by atoms with Crippen molar-refractivity contribution in [2.75, 3.05) is 0 Å². The first kappa shape index (κ1) is 62.0. The van der Waals surface area contributed by atoms with E-state index in [1.807, 2.05) is 218 Å². The maximum atomic E-state index is 8.34. The van der Waals surface area contributed by atoms with Crippen molar-refractivity contribution in [2.24, 2.45) is 0 Å². The van der Waals surface area contributed by atoms with Gasteiger partial charge in [0.2, 0.25) is 0 Å². The first-order valence-corrected chi connectivity index (χ1v) is 48.7. The number of hydrogen-bond donors (Lipinski definition) is 0. The highest BCUT2D eigenvalue weighted by Gasteiger charge is 2.72. The minimum Gasteiger partial charge on any atom is -0.413 e. The molecule has 8 aromatic rings. The highest BCUT2D eigenvalue weighted by molar-refractivity contribution is 7.06. The van der Waals surface area contributed by atoms with Crippen LogP contribution in [0, 0.1) is 47.4 Å². The van der Waals surface area contributed by atoms with Crippen LogP contribution in [0.1, 0.15) is 44.5 Å². The minimum atomic E-state index is -4.56. The predicted molar refractivity (Wildman–Crippen MR) is 359 cm³/mol. The summed E-state index contributed by atoms with van der Waals surface area (Å²) in [4.78, 5) is 0. The zero-order chi connectivity index (χ0) is 59.7. The third-order valence-electron chi connectivity index (χ3n) is 12.3. The molecule has 1 aliphatic rings. The summed E-state index contributed by atoms with van der Waals surface area (Å²) in [5.74, 6) is 26.9. The van der Waals surface area contributed by atoms with Gasteiger partial charge in [0.05, 0.1) is 0 Å². The van der Waals surface area contributed by atoms with Gasteiger partial charge in [-0.15, -0.1) is 0 Å². The molecule has 0 unspecified atom stereocenters. The van der Waals surface area contributed by atoms with E-state index in [4.69, 9.17) is 32.9 Å². The monoisotopic (exact) mass is 1240 g/mol. The SMILES string of the molecule is C[Si](C)(C)O[Si]1(c2ccc(C#Cc3ccccc3)cc2)O[Si](O[Si](C)(C)C)(c2ccc(C#Cc3ccccc3)cc2)O[Si](O[Si](C)(C)C)(c2ccc(C#Cc3ccccc3)cc2)O[Si](O[Si](C)(C)C)(c2ccc(C#Cc3ccccc3)cc2)O1. The van der Waals surface area contributed by atoms with Crippen LogP contribution in [0.4, 0.5) is 0 Å². The summed E-state index contributed by atoms with van der Waals surface area (Å²) in [6, 6.07) is 72.0. The summed E-state index contributed by atoms with van der Waals surface area (Å²) < 4.78 is 64.6. The Balaban J connectivity index is 1.36. The fourth-order valence-electron chi connectivity index (χ4n) is 8.97. The normalized spacial score (nSPS) is 20.0. The Morgan fingerprint density at radius 3 is 0.500 bits per heavy atom. The lowest BCUT2D eigenvalue weighted by Crippen LogP contribution is -2.84. The Bertz CT molecular complexity index is 3270. The molecule has 8 nitrogen and oxygen atoms in total. The number of rotatable bonds is 12. The minimum absolute atomic E-state index is 0.673.